The zero-order chi connectivity index (χ0) is 24.9. The molecule has 198 valence electrons. The first-order chi connectivity index (χ1) is 16.6. The van der Waals surface area contributed by atoms with Crippen molar-refractivity contribution in [2.45, 2.75) is 143 Å². The van der Waals surface area contributed by atoms with Crippen LogP contribution < -0.4 is 5.32 Å². The number of aromatic nitrogens is 2. The molecule has 0 amide bonds. The lowest BCUT2D eigenvalue weighted by Crippen LogP contribution is -2.31. The van der Waals surface area contributed by atoms with Crippen LogP contribution in [-0.4, -0.2) is 34.7 Å². The molecule has 0 spiro atoms. The van der Waals surface area contributed by atoms with Gasteiger partial charge in [0.15, 0.2) is 0 Å². The van der Waals surface area contributed by atoms with Crippen LogP contribution in [0.25, 0.3) is 0 Å². The van der Waals surface area contributed by atoms with E-state index in [0.29, 0.717) is 18.7 Å². The molecule has 1 rings (SSSR count). The molecule has 1 aromatic rings. The molecule has 0 radical (unpaired) electrons. The van der Waals surface area contributed by atoms with Gasteiger partial charge in [-0.25, -0.2) is 4.98 Å². The van der Waals surface area contributed by atoms with Crippen LogP contribution in [0.5, 0.6) is 0 Å². The van der Waals surface area contributed by atoms with Crippen molar-refractivity contribution < 1.29 is 9.53 Å². The zero-order valence-electron chi connectivity index (χ0n) is 22.9. The van der Waals surface area contributed by atoms with Crippen molar-refractivity contribution in [1.82, 2.24) is 14.9 Å². The van der Waals surface area contributed by atoms with E-state index in [-0.39, 0.29) is 11.9 Å². The molecular formula is C29H55N3O2. The lowest BCUT2D eigenvalue weighted by atomic mass is 9.93. The normalized spacial score (nSPS) is 14.1. The summed E-state index contributed by atoms with van der Waals surface area (Å²) in [6.45, 7) is 10.6. The van der Waals surface area contributed by atoms with Crippen LogP contribution in [0.1, 0.15) is 136 Å². The van der Waals surface area contributed by atoms with E-state index in [2.05, 4.69) is 42.6 Å². The highest BCUT2D eigenvalue weighted by Crippen LogP contribution is 2.21. The van der Waals surface area contributed by atoms with E-state index in [1.54, 1.807) is 0 Å². The molecule has 5 heteroatoms. The monoisotopic (exact) mass is 477 g/mol. The molecule has 5 nitrogen and oxygen atoms in total. The Kier molecular flexibility index (Phi) is 18.9. The maximum absolute atomic E-state index is 12.8. The average molecular weight is 478 g/mol. The summed E-state index contributed by atoms with van der Waals surface area (Å²) < 4.78 is 7.88. The maximum Gasteiger partial charge on any atom is 0.308 e. The van der Waals surface area contributed by atoms with Crippen LogP contribution in [0.4, 0.5) is 0 Å². The van der Waals surface area contributed by atoms with Gasteiger partial charge >= 0.3 is 5.97 Å². The molecule has 1 heterocycles. The fraction of sp³-hybridized carbons (Fsp3) is 0.862. The summed E-state index contributed by atoms with van der Waals surface area (Å²) in [7, 11) is 0. The molecule has 34 heavy (non-hydrogen) atoms. The SMILES string of the molecule is CCCCCCOC(=O)C(CCCCCC)CCCC(CCCC)NCCC(C)n1ccnc1. The van der Waals surface area contributed by atoms with Gasteiger partial charge in [-0.2, -0.15) is 0 Å². The fourth-order valence-electron chi connectivity index (χ4n) is 4.60. The first-order valence-electron chi connectivity index (χ1n) is 14.5. The highest BCUT2D eigenvalue weighted by Gasteiger charge is 2.20. The molecule has 0 bridgehead atoms. The Morgan fingerprint density at radius 2 is 1.53 bits per heavy atom. The van der Waals surface area contributed by atoms with Gasteiger partial charge in [-0.05, 0) is 52.0 Å². The molecule has 0 saturated heterocycles. The predicted octanol–water partition coefficient (Wildman–Crippen LogP) is 7.86. The molecule has 0 saturated carbocycles. The summed E-state index contributed by atoms with van der Waals surface area (Å²) in [4.78, 5) is 17.0. The van der Waals surface area contributed by atoms with Crippen LogP contribution in [0.15, 0.2) is 18.7 Å². The molecule has 3 atom stereocenters. The van der Waals surface area contributed by atoms with Crippen molar-refractivity contribution in [3.63, 3.8) is 0 Å². The van der Waals surface area contributed by atoms with Crippen LogP contribution >= 0.6 is 0 Å². The average Bonchev–Trinajstić information content (AvgIpc) is 3.38. The molecule has 1 N–H and O–H groups in total. The highest BCUT2D eigenvalue weighted by atomic mass is 16.5. The van der Waals surface area contributed by atoms with Gasteiger partial charge < -0.3 is 14.6 Å². The number of rotatable bonds is 23. The van der Waals surface area contributed by atoms with E-state index in [1.807, 2.05) is 18.7 Å². The molecule has 1 aromatic heterocycles. The molecule has 0 aliphatic carbocycles. The second-order valence-electron chi connectivity index (χ2n) is 10.1. The predicted molar refractivity (Wildman–Crippen MR) is 144 cm³/mol. The smallest absolute Gasteiger partial charge is 0.308 e. The van der Waals surface area contributed by atoms with E-state index in [1.165, 1.54) is 51.4 Å². The number of carbonyl (C=O) groups excluding carboxylic acids is 1. The van der Waals surface area contributed by atoms with E-state index < -0.39 is 0 Å². The van der Waals surface area contributed by atoms with Crippen molar-refractivity contribution in [2.24, 2.45) is 5.92 Å². The van der Waals surface area contributed by atoms with E-state index in [9.17, 15) is 4.79 Å². The van der Waals surface area contributed by atoms with Gasteiger partial charge in [-0.1, -0.05) is 85.0 Å². The third kappa shape index (κ3) is 14.8. The van der Waals surface area contributed by atoms with Gasteiger partial charge in [0.05, 0.1) is 18.9 Å². The topological polar surface area (TPSA) is 56.1 Å². The minimum Gasteiger partial charge on any atom is -0.465 e. The largest absolute Gasteiger partial charge is 0.465 e. The van der Waals surface area contributed by atoms with E-state index >= 15 is 0 Å². The van der Waals surface area contributed by atoms with E-state index in [0.717, 1.165) is 57.9 Å². The van der Waals surface area contributed by atoms with Crippen molar-refractivity contribution >= 4 is 5.97 Å². The summed E-state index contributed by atoms with van der Waals surface area (Å²) in [5, 5.41) is 3.81. The van der Waals surface area contributed by atoms with Gasteiger partial charge in [-0.3, -0.25) is 4.79 Å². The number of carbonyl (C=O) groups is 1. The van der Waals surface area contributed by atoms with Crippen LogP contribution in [-0.2, 0) is 9.53 Å². The Bertz CT molecular complexity index is 576. The van der Waals surface area contributed by atoms with Gasteiger partial charge in [0.2, 0.25) is 0 Å². The molecule has 0 aliphatic rings. The van der Waals surface area contributed by atoms with Gasteiger partial charge in [0.1, 0.15) is 0 Å². The summed E-state index contributed by atoms with van der Waals surface area (Å²) in [6, 6.07) is 1.00. The van der Waals surface area contributed by atoms with E-state index in [4.69, 9.17) is 4.74 Å². The highest BCUT2D eigenvalue weighted by molar-refractivity contribution is 5.72. The Morgan fingerprint density at radius 1 is 0.853 bits per heavy atom. The number of hydrogen-bond acceptors (Lipinski definition) is 4. The Labute approximate surface area is 210 Å². The van der Waals surface area contributed by atoms with Crippen LogP contribution in [0.2, 0.25) is 0 Å². The first-order valence-corrected chi connectivity index (χ1v) is 14.5. The number of unbranched alkanes of at least 4 members (excludes halogenated alkanes) is 7. The molecular weight excluding hydrogens is 422 g/mol. The summed E-state index contributed by atoms with van der Waals surface area (Å²) in [6.07, 6.45) is 24.3. The Morgan fingerprint density at radius 3 is 2.21 bits per heavy atom. The van der Waals surface area contributed by atoms with Crippen molar-refractivity contribution in [3.05, 3.63) is 18.7 Å². The minimum absolute atomic E-state index is 0.0558. The van der Waals surface area contributed by atoms with Gasteiger partial charge in [0, 0.05) is 24.5 Å². The minimum atomic E-state index is 0.0558. The standard InChI is InChI=1S/C29H55N3O2/c1-5-8-11-13-16-27(29(33)34-24-14-12-9-6-2)17-15-19-28(18-10-7-3)31-21-20-26(4)32-23-22-30-25-32/h22-23,25-28,31H,5-21,24H2,1-4H3. The zero-order valence-corrected chi connectivity index (χ0v) is 22.9. The summed E-state index contributed by atoms with van der Waals surface area (Å²) >= 11 is 0. The lowest BCUT2D eigenvalue weighted by molar-refractivity contribution is -0.149. The fourth-order valence-corrected chi connectivity index (χ4v) is 4.60. The van der Waals surface area contributed by atoms with Gasteiger partial charge in [-0.15, -0.1) is 0 Å². The van der Waals surface area contributed by atoms with Crippen LogP contribution in [0, 0.1) is 5.92 Å². The molecule has 0 fully saturated rings. The lowest BCUT2D eigenvalue weighted by Gasteiger charge is -2.22. The third-order valence-electron chi connectivity index (χ3n) is 7.02. The molecule has 0 aromatic carbocycles. The number of esters is 1. The quantitative estimate of drug-likeness (QED) is 0.129. The second kappa shape index (κ2) is 21.0. The summed E-state index contributed by atoms with van der Waals surface area (Å²) in [5.41, 5.74) is 0. The third-order valence-corrected chi connectivity index (χ3v) is 7.02. The van der Waals surface area contributed by atoms with Crippen molar-refractivity contribution in [3.8, 4) is 0 Å². The Balaban J connectivity index is 2.45. The van der Waals surface area contributed by atoms with Crippen LogP contribution in [0.3, 0.4) is 0 Å². The summed E-state index contributed by atoms with van der Waals surface area (Å²) in [5.74, 6) is 0.136. The van der Waals surface area contributed by atoms with Crippen molar-refractivity contribution in [1.29, 1.82) is 0 Å². The first kappa shape index (κ1) is 30.7. The van der Waals surface area contributed by atoms with Crippen molar-refractivity contribution in [2.75, 3.05) is 13.2 Å². The molecule has 0 aliphatic heterocycles. The molecule has 3 unspecified atom stereocenters. The number of nitrogens with one attached hydrogen (secondary N) is 1. The number of hydrogen-bond donors (Lipinski definition) is 1. The second-order valence-corrected chi connectivity index (χ2v) is 10.1. The number of ether oxygens (including phenoxy) is 1. The number of nitrogens with zero attached hydrogens (tertiary/aromatic N) is 2. The Hall–Kier alpha value is -1.36. The number of imidazole rings is 1. The van der Waals surface area contributed by atoms with Gasteiger partial charge in [0.25, 0.3) is 0 Å². The maximum atomic E-state index is 12.8.